The SMILES string of the molecule is COC(=O)c1c(C)[nH]c(C(=O)[C@@H](C)OC(=O)CNC(=O)c2ccc(Cl)cc2)c1C. The quantitative estimate of drug-likeness (QED) is 0.525. The lowest BCUT2D eigenvalue weighted by Crippen LogP contribution is -2.34. The molecule has 1 atom stereocenters. The van der Waals surface area contributed by atoms with Crippen LogP contribution in [-0.2, 0) is 14.3 Å². The molecule has 2 N–H and O–H groups in total. The number of hydrogen-bond acceptors (Lipinski definition) is 6. The molecule has 1 amide bonds. The Morgan fingerprint density at radius 2 is 1.76 bits per heavy atom. The van der Waals surface area contributed by atoms with Crippen molar-refractivity contribution in [2.24, 2.45) is 0 Å². The van der Waals surface area contributed by atoms with Gasteiger partial charge in [0.15, 0.2) is 6.10 Å². The van der Waals surface area contributed by atoms with Gasteiger partial charge in [0.1, 0.15) is 6.54 Å². The van der Waals surface area contributed by atoms with Crippen LogP contribution in [0.4, 0.5) is 0 Å². The average molecular weight is 421 g/mol. The van der Waals surface area contributed by atoms with Gasteiger partial charge in [-0.05, 0) is 50.6 Å². The second-order valence-corrected chi connectivity index (χ2v) is 6.74. The van der Waals surface area contributed by atoms with E-state index in [9.17, 15) is 19.2 Å². The van der Waals surface area contributed by atoms with Crippen molar-refractivity contribution in [1.29, 1.82) is 0 Å². The van der Waals surface area contributed by atoms with Gasteiger partial charge in [-0.2, -0.15) is 0 Å². The highest BCUT2D eigenvalue weighted by Gasteiger charge is 2.27. The van der Waals surface area contributed by atoms with Crippen LogP contribution in [0.1, 0.15) is 49.4 Å². The lowest BCUT2D eigenvalue weighted by Gasteiger charge is -2.13. The van der Waals surface area contributed by atoms with Gasteiger partial charge in [-0.1, -0.05) is 11.6 Å². The van der Waals surface area contributed by atoms with Crippen LogP contribution in [0, 0.1) is 13.8 Å². The number of ketones is 1. The maximum Gasteiger partial charge on any atom is 0.339 e. The van der Waals surface area contributed by atoms with Crippen LogP contribution < -0.4 is 5.32 Å². The van der Waals surface area contributed by atoms with Gasteiger partial charge < -0.3 is 19.8 Å². The molecule has 0 radical (unpaired) electrons. The first-order valence-electron chi connectivity index (χ1n) is 8.70. The van der Waals surface area contributed by atoms with Crippen molar-refractivity contribution in [1.82, 2.24) is 10.3 Å². The van der Waals surface area contributed by atoms with E-state index in [0.717, 1.165) is 0 Å². The molecule has 2 aromatic rings. The van der Waals surface area contributed by atoms with E-state index in [4.69, 9.17) is 21.1 Å². The molecular weight excluding hydrogens is 400 g/mol. The predicted octanol–water partition coefficient (Wildman–Crippen LogP) is 2.62. The van der Waals surface area contributed by atoms with Crippen LogP contribution in [0.15, 0.2) is 24.3 Å². The van der Waals surface area contributed by atoms with E-state index in [1.165, 1.54) is 26.2 Å². The fourth-order valence-corrected chi connectivity index (χ4v) is 2.88. The first-order valence-corrected chi connectivity index (χ1v) is 9.08. The minimum Gasteiger partial charge on any atom is -0.465 e. The normalized spacial score (nSPS) is 11.5. The Morgan fingerprint density at radius 1 is 1.14 bits per heavy atom. The molecule has 0 bridgehead atoms. The van der Waals surface area contributed by atoms with Gasteiger partial charge in [-0.3, -0.25) is 14.4 Å². The van der Waals surface area contributed by atoms with Crippen molar-refractivity contribution < 1.29 is 28.7 Å². The van der Waals surface area contributed by atoms with Crippen molar-refractivity contribution in [3.8, 4) is 0 Å². The number of H-pyrrole nitrogens is 1. The molecule has 2 rings (SSSR count). The highest BCUT2D eigenvalue weighted by Crippen LogP contribution is 2.20. The van der Waals surface area contributed by atoms with E-state index >= 15 is 0 Å². The van der Waals surface area contributed by atoms with Gasteiger partial charge >= 0.3 is 11.9 Å². The molecule has 1 aromatic heterocycles. The number of carbonyl (C=O) groups excluding carboxylic acids is 4. The molecule has 0 spiro atoms. The fraction of sp³-hybridized carbons (Fsp3) is 0.300. The third-order valence-corrected chi connectivity index (χ3v) is 4.50. The average Bonchev–Trinajstić information content (AvgIpc) is 2.99. The molecule has 1 heterocycles. The highest BCUT2D eigenvalue weighted by atomic mass is 35.5. The molecule has 0 aliphatic rings. The van der Waals surface area contributed by atoms with Crippen molar-refractivity contribution >= 4 is 35.2 Å². The molecule has 0 fully saturated rings. The van der Waals surface area contributed by atoms with E-state index in [0.29, 0.717) is 21.8 Å². The molecule has 0 saturated heterocycles. The summed E-state index contributed by atoms with van der Waals surface area (Å²) in [5, 5.41) is 2.90. The number of ether oxygens (including phenoxy) is 2. The first-order chi connectivity index (χ1) is 13.6. The second kappa shape index (κ2) is 9.38. The molecule has 8 nitrogen and oxygen atoms in total. The number of nitrogens with one attached hydrogen (secondary N) is 2. The van der Waals surface area contributed by atoms with Gasteiger partial charge in [-0.25, -0.2) is 4.79 Å². The number of hydrogen-bond donors (Lipinski definition) is 2. The van der Waals surface area contributed by atoms with Crippen molar-refractivity contribution in [2.75, 3.05) is 13.7 Å². The summed E-state index contributed by atoms with van der Waals surface area (Å²) >= 11 is 5.76. The lowest BCUT2D eigenvalue weighted by atomic mass is 10.1. The largest absolute Gasteiger partial charge is 0.465 e. The van der Waals surface area contributed by atoms with E-state index in [2.05, 4.69) is 10.3 Å². The summed E-state index contributed by atoms with van der Waals surface area (Å²) in [4.78, 5) is 51.3. The monoisotopic (exact) mass is 420 g/mol. The summed E-state index contributed by atoms with van der Waals surface area (Å²) in [7, 11) is 1.25. The van der Waals surface area contributed by atoms with Gasteiger partial charge in [0, 0.05) is 16.3 Å². The Bertz CT molecular complexity index is 949. The van der Waals surface area contributed by atoms with E-state index in [1.807, 2.05) is 0 Å². The van der Waals surface area contributed by atoms with Crippen molar-refractivity contribution in [3.63, 3.8) is 0 Å². The zero-order valence-corrected chi connectivity index (χ0v) is 17.2. The summed E-state index contributed by atoms with van der Waals surface area (Å²) in [5.41, 5.74) is 1.65. The Balaban J connectivity index is 1.97. The van der Waals surface area contributed by atoms with Crippen LogP contribution >= 0.6 is 11.6 Å². The van der Waals surface area contributed by atoms with Crippen LogP contribution in [0.5, 0.6) is 0 Å². The summed E-state index contributed by atoms with van der Waals surface area (Å²) in [6, 6.07) is 6.15. The Kier molecular flexibility index (Phi) is 7.17. The minimum absolute atomic E-state index is 0.161. The molecule has 154 valence electrons. The summed E-state index contributed by atoms with van der Waals surface area (Å²) in [6.45, 7) is 4.24. The number of esters is 2. The van der Waals surface area contributed by atoms with Gasteiger partial charge in [-0.15, -0.1) is 0 Å². The lowest BCUT2D eigenvalue weighted by molar-refractivity contribution is -0.145. The van der Waals surface area contributed by atoms with E-state index in [1.54, 1.807) is 26.0 Å². The first kappa shape index (κ1) is 22.2. The maximum absolute atomic E-state index is 12.6. The standard InChI is InChI=1S/C20H21ClN2O6/c1-10-16(20(27)28-4)11(2)23-17(10)18(25)12(3)29-15(24)9-22-19(26)13-5-7-14(21)8-6-13/h5-8,12,23H,9H2,1-4H3,(H,22,26)/t12-/m1/s1. The smallest absolute Gasteiger partial charge is 0.339 e. The summed E-state index contributed by atoms with van der Waals surface area (Å²) in [6.07, 6.45) is -1.11. The van der Waals surface area contributed by atoms with Crippen molar-refractivity contribution in [2.45, 2.75) is 26.9 Å². The number of benzene rings is 1. The minimum atomic E-state index is -1.11. The van der Waals surface area contributed by atoms with Crippen LogP contribution in [0.25, 0.3) is 0 Å². The third-order valence-electron chi connectivity index (χ3n) is 4.25. The molecular formula is C20H21ClN2O6. The van der Waals surface area contributed by atoms with Gasteiger partial charge in [0.25, 0.3) is 5.91 Å². The number of aromatic nitrogens is 1. The topological polar surface area (TPSA) is 115 Å². The Hall–Kier alpha value is -3.13. The van der Waals surface area contributed by atoms with Crippen LogP contribution in [-0.4, -0.2) is 48.4 Å². The van der Waals surface area contributed by atoms with Gasteiger partial charge in [0.2, 0.25) is 5.78 Å². The highest BCUT2D eigenvalue weighted by molar-refractivity contribution is 6.30. The second-order valence-electron chi connectivity index (χ2n) is 6.30. The van der Waals surface area contributed by atoms with Crippen molar-refractivity contribution in [3.05, 3.63) is 57.4 Å². The number of rotatable bonds is 7. The maximum atomic E-state index is 12.6. The number of aromatic amines is 1. The number of Topliss-reactive ketones (excluding diaryl/α,β-unsaturated/α-hetero) is 1. The number of methoxy groups -OCH3 is 1. The summed E-state index contributed by atoms with van der Waals surface area (Å²) < 4.78 is 9.81. The van der Waals surface area contributed by atoms with Crippen LogP contribution in [0.3, 0.4) is 0 Å². The molecule has 1 aromatic carbocycles. The summed E-state index contributed by atoms with van der Waals surface area (Å²) in [5.74, 6) is -2.32. The molecule has 29 heavy (non-hydrogen) atoms. The molecule has 0 unspecified atom stereocenters. The van der Waals surface area contributed by atoms with E-state index in [-0.39, 0.29) is 11.3 Å². The van der Waals surface area contributed by atoms with Crippen LogP contribution in [0.2, 0.25) is 5.02 Å². The zero-order valence-electron chi connectivity index (χ0n) is 16.4. The zero-order chi connectivity index (χ0) is 21.7. The Morgan fingerprint density at radius 3 is 2.34 bits per heavy atom. The molecule has 0 aliphatic heterocycles. The molecule has 0 aliphatic carbocycles. The number of aryl methyl sites for hydroxylation is 1. The molecule has 0 saturated carbocycles. The number of carbonyl (C=O) groups is 4. The van der Waals surface area contributed by atoms with E-state index < -0.39 is 36.3 Å². The number of halogens is 1. The number of amides is 1. The third kappa shape index (κ3) is 5.23. The Labute approximate surface area is 172 Å². The van der Waals surface area contributed by atoms with Gasteiger partial charge in [0.05, 0.1) is 18.4 Å². The molecule has 9 heteroatoms. The fourth-order valence-electron chi connectivity index (χ4n) is 2.76. The predicted molar refractivity (Wildman–Crippen MR) is 105 cm³/mol.